The molecule has 0 aliphatic carbocycles. The van der Waals surface area contributed by atoms with E-state index < -0.39 is 16.7 Å². The van der Waals surface area contributed by atoms with Crippen LogP contribution in [-0.4, -0.2) is 36.3 Å². The first-order chi connectivity index (χ1) is 17.3. The summed E-state index contributed by atoms with van der Waals surface area (Å²) in [7, 11) is 0. The average molecular weight is 492 g/mol. The number of nitrogens with zero attached hydrogens (tertiary/aromatic N) is 5. The Bertz CT molecular complexity index is 1400. The number of nitro groups is 1. The van der Waals surface area contributed by atoms with Gasteiger partial charge in [0.25, 0.3) is 11.8 Å². The number of anilines is 1. The molecule has 0 aliphatic heterocycles. The highest BCUT2D eigenvalue weighted by atomic mass is 16.6. The lowest BCUT2D eigenvalue weighted by molar-refractivity contribution is -0.386. The number of hydrogen-bond acceptors (Lipinski definition) is 7. The van der Waals surface area contributed by atoms with Crippen LogP contribution in [0.1, 0.15) is 50.5 Å². The minimum absolute atomic E-state index is 0.00243. The molecule has 36 heavy (non-hydrogen) atoms. The first-order valence-corrected chi connectivity index (χ1v) is 11.2. The number of furan rings is 1. The fourth-order valence-electron chi connectivity index (χ4n) is 3.74. The van der Waals surface area contributed by atoms with Crippen molar-refractivity contribution in [2.24, 2.45) is 0 Å². The molecule has 0 saturated heterocycles. The Balaban J connectivity index is 1.45. The molecule has 4 rings (SSSR count). The minimum Gasteiger partial charge on any atom is -0.467 e. The maximum atomic E-state index is 12.9. The SMILES string of the molecule is CCn1cc(NC(=O)c2ccc(Cn3nc(C)c([N+](=O)[O-])c3C)cc2)c(C(=O)NCc2ccco2)n1. The van der Waals surface area contributed by atoms with Crippen molar-refractivity contribution >= 4 is 23.2 Å². The summed E-state index contributed by atoms with van der Waals surface area (Å²) >= 11 is 0. The Morgan fingerprint density at radius 1 is 1.11 bits per heavy atom. The van der Waals surface area contributed by atoms with Gasteiger partial charge in [-0.3, -0.25) is 29.1 Å². The second-order valence-corrected chi connectivity index (χ2v) is 8.09. The molecule has 0 radical (unpaired) electrons. The second kappa shape index (κ2) is 10.3. The van der Waals surface area contributed by atoms with Crippen LogP contribution in [0.15, 0.2) is 53.3 Å². The molecule has 0 atom stereocenters. The molecule has 1 aromatic carbocycles. The lowest BCUT2D eigenvalue weighted by atomic mass is 10.1. The van der Waals surface area contributed by atoms with Crippen LogP contribution in [0.3, 0.4) is 0 Å². The summed E-state index contributed by atoms with van der Waals surface area (Å²) in [6.45, 7) is 6.16. The number of aryl methyl sites for hydroxylation is 2. The van der Waals surface area contributed by atoms with Gasteiger partial charge in [-0.2, -0.15) is 10.2 Å². The second-order valence-electron chi connectivity index (χ2n) is 8.09. The van der Waals surface area contributed by atoms with Crippen molar-refractivity contribution in [3.8, 4) is 0 Å². The van der Waals surface area contributed by atoms with Crippen molar-refractivity contribution in [2.75, 3.05) is 5.32 Å². The van der Waals surface area contributed by atoms with Crippen LogP contribution in [0.25, 0.3) is 0 Å². The van der Waals surface area contributed by atoms with Gasteiger partial charge in [-0.1, -0.05) is 12.1 Å². The van der Waals surface area contributed by atoms with Gasteiger partial charge >= 0.3 is 5.69 Å². The highest BCUT2D eigenvalue weighted by molar-refractivity contribution is 6.08. The topological polar surface area (TPSA) is 150 Å². The van der Waals surface area contributed by atoms with E-state index in [0.717, 1.165) is 5.56 Å². The molecule has 0 aliphatic rings. The van der Waals surface area contributed by atoms with Crippen LogP contribution < -0.4 is 10.6 Å². The lowest BCUT2D eigenvalue weighted by Crippen LogP contribution is -2.25. The summed E-state index contributed by atoms with van der Waals surface area (Å²) in [4.78, 5) is 36.4. The number of aromatic nitrogens is 4. The van der Waals surface area contributed by atoms with E-state index in [2.05, 4.69) is 20.8 Å². The summed E-state index contributed by atoms with van der Waals surface area (Å²) in [6, 6.07) is 10.3. The predicted octanol–water partition coefficient (Wildman–Crippen LogP) is 3.45. The Labute approximate surface area is 206 Å². The van der Waals surface area contributed by atoms with Crippen LogP contribution in [0.5, 0.6) is 0 Å². The van der Waals surface area contributed by atoms with Gasteiger partial charge in [0, 0.05) is 18.3 Å². The van der Waals surface area contributed by atoms with Crippen molar-refractivity contribution in [1.29, 1.82) is 0 Å². The van der Waals surface area contributed by atoms with Gasteiger partial charge in [0.1, 0.15) is 17.1 Å². The fraction of sp³-hybridized carbons (Fsp3) is 0.250. The van der Waals surface area contributed by atoms with Crippen LogP contribution in [0.4, 0.5) is 11.4 Å². The van der Waals surface area contributed by atoms with Crippen LogP contribution in [-0.2, 0) is 19.6 Å². The molecule has 12 nitrogen and oxygen atoms in total. The van der Waals surface area contributed by atoms with Gasteiger partial charge in [0.2, 0.25) is 0 Å². The van der Waals surface area contributed by atoms with Gasteiger partial charge < -0.3 is 15.1 Å². The van der Waals surface area contributed by atoms with Crippen molar-refractivity contribution in [2.45, 2.75) is 40.4 Å². The molecule has 2 amide bonds. The molecule has 3 aromatic heterocycles. The van der Waals surface area contributed by atoms with E-state index >= 15 is 0 Å². The number of carbonyl (C=O) groups excluding carboxylic acids is 2. The molecule has 186 valence electrons. The number of carbonyl (C=O) groups is 2. The summed E-state index contributed by atoms with van der Waals surface area (Å²) in [6.07, 6.45) is 3.12. The quantitative estimate of drug-likeness (QED) is 0.269. The summed E-state index contributed by atoms with van der Waals surface area (Å²) in [5.74, 6) is -0.249. The standard InChI is InChI=1S/C24H25N7O5/c1-4-29-14-20(21(28-29)24(33)25-12-19-6-5-11-36-19)26-23(32)18-9-7-17(8-10-18)13-30-16(3)22(31(34)35)15(2)27-30/h5-11,14H,4,12-13H2,1-3H3,(H,25,33)(H,26,32). The van der Waals surface area contributed by atoms with Crippen molar-refractivity contribution in [1.82, 2.24) is 24.9 Å². The lowest BCUT2D eigenvalue weighted by Gasteiger charge is -2.08. The van der Waals surface area contributed by atoms with Gasteiger partial charge in [0.15, 0.2) is 5.69 Å². The van der Waals surface area contributed by atoms with E-state index in [4.69, 9.17) is 4.42 Å². The van der Waals surface area contributed by atoms with Crippen LogP contribution >= 0.6 is 0 Å². The fourth-order valence-corrected chi connectivity index (χ4v) is 3.74. The highest BCUT2D eigenvalue weighted by Crippen LogP contribution is 2.23. The average Bonchev–Trinajstić information content (AvgIpc) is 3.57. The number of benzene rings is 1. The Hall–Kier alpha value is -4.74. The molecule has 4 aromatic rings. The molecular weight excluding hydrogens is 466 g/mol. The molecule has 0 unspecified atom stereocenters. The zero-order valence-electron chi connectivity index (χ0n) is 20.0. The van der Waals surface area contributed by atoms with Crippen LogP contribution in [0, 0.1) is 24.0 Å². The molecule has 0 bridgehead atoms. The van der Waals surface area contributed by atoms with Crippen molar-refractivity contribution in [3.05, 3.63) is 92.9 Å². The number of rotatable bonds is 9. The Morgan fingerprint density at radius 3 is 2.47 bits per heavy atom. The third-order valence-electron chi connectivity index (χ3n) is 5.63. The molecule has 0 fully saturated rings. The van der Waals surface area contributed by atoms with E-state index in [9.17, 15) is 19.7 Å². The van der Waals surface area contributed by atoms with E-state index in [-0.39, 0.29) is 23.6 Å². The van der Waals surface area contributed by atoms with Gasteiger partial charge in [-0.25, -0.2) is 0 Å². The molecule has 2 N–H and O–H groups in total. The largest absolute Gasteiger partial charge is 0.467 e. The summed E-state index contributed by atoms with van der Waals surface area (Å²) < 4.78 is 8.35. The Kier molecular flexibility index (Phi) is 6.95. The van der Waals surface area contributed by atoms with Gasteiger partial charge in [-0.05, 0) is 50.6 Å². The monoisotopic (exact) mass is 491 g/mol. The molecule has 3 heterocycles. The van der Waals surface area contributed by atoms with Crippen molar-refractivity contribution in [3.63, 3.8) is 0 Å². The number of amides is 2. The molecular formula is C24H25N7O5. The predicted molar refractivity (Wildman–Crippen MR) is 130 cm³/mol. The van der Waals surface area contributed by atoms with E-state index in [1.807, 2.05) is 6.92 Å². The van der Waals surface area contributed by atoms with E-state index in [1.54, 1.807) is 65.8 Å². The zero-order valence-corrected chi connectivity index (χ0v) is 20.0. The maximum Gasteiger partial charge on any atom is 0.312 e. The van der Waals surface area contributed by atoms with Crippen molar-refractivity contribution < 1.29 is 18.9 Å². The smallest absolute Gasteiger partial charge is 0.312 e. The highest BCUT2D eigenvalue weighted by Gasteiger charge is 2.22. The third-order valence-corrected chi connectivity index (χ3v) is 5.63. The van der Waals surface area contributed by atoms with Gasteiger partial charge in [-0.15, -0.1) is 0 Å². The van der Waals surface area contributed by atoms with E-state index in [1.165, 1.54) is 6.26 Å². The summed E-state index contributed by atoms with van der Waals surface area (Å²) in [5.41, 5.74) is 2.41. The third kappa shape index (κ3) is 5.17. The number of nitrogens with one attached hydrogen (secondary N) is 2. The Morgan fingerprint density at radius 2 is 1.86 bits per heavy atom. The summed E-state index contributed by atoms with van der Waals surface area (Å²) in [5, 5.41) is 25.2. The van der Waals surface area contributed by atoms with Crippen LogP contribution in [0.2, 0.25) is 0 Å². The van der Waals surface area contributed by atoms with E-state index in [0.29, 0.717) is 35.8 Å². The number of hydrogen-bond donors (Lipinski definition) is 2. The van der Waals surface area contributed by atoms with Gasteiger partial charge in [0.05, 0.1) is 30.0 Å². The first kappa shape index (κ1) is 24.4. The first-order valence-electron chi connectivity index (χ1n) is 11.2. The maximum absolute atomic E-state index is 12.9. The molecule has 0 spiro atoms. The molecule has 0 saturated carbocycles. The minimum atomic E-state index is -0.441. The zero-order chi connectivity index (χ0) is 25.8. The molecule has 12 heteroatoms. The normalized spacial score (nSPS) is 10.9.